The number of hydrogen-bond donors (Lipinski definition) is 0. The molecule has 0 unspecified atom stereocenters. The van der Waals surface area contributed by atoms with Crippen molar-refractivity contribution >= 4 is 17.9 Å². The van der Waals surface area contributed by atoms with Crippen LogP contribution in [0.1, 0.15) is 54.4 Å². The second-order valence-electron chi connectivity index (χ2n) is 8.34. The molecule has 4 rings (SSSR count). The Hall–Kier alpha value is -3.47. The van der Waals surface area contributed by atoms with Crippen LogP contribution >= 0.6 is 0 Å². The summed E-state index contributed by atoms with van der Waals surface area (Å²) in [6.45, 7) is 1.27. The highest BCUT2D eigenvalue weighted by molar-refractivity contribution is 6.14. The summed E-state index contributed by atoms with van der Waals surface area (Å²) in [5.74, 6) is 0.0526. The van der Waals surface area contributed by atoms with E-state index < -0.39 is 0 Å². The Balaban J connectivity index is 1.70. The summed E-state index contributed by atoms with van der Waals surface area (Å²) in [5, 5.41) is 18.4. The number of Topliss-reactive ketones (excluding diaryl/α,β-unsaturated/α-hetero) is 1. The molecule has 0 bridgehead atoms. The molecule has 1 aliphatic carbocycles. The maximum atomic E-state index is 13.4. The smallest absolute Gasteiger partial charge is 0.187 e. The number of ketones is 1. The molecule has 2 aromatic carbocycles. The number of hydrogen-bond acceptors (Lipinski definition) is 4. The Bertz CT molecular complexity index is 1040. The summed E-state index contributed by atoms with van der Waals surface area (Å²) in [6.07, 6.45) is 9.96. The highest BCUT2D eigenvalue weighted by Gasteiger charge is 2.31. The van der Waals surface area contributed by atoms with Crippen LogP contribution in [0.5, 0.6) is 0 Å². The van der Waals surface area contributed by atoms with Crippen LogP contribution in [0.25, 0.3) is 12.2 Å². The molecule has 154 valence electrons. The summed E-state index contributed by atoms with van der Waals surface area (Å²) >= 11 is 0. The molecule has 2 aromatic rings. The van der Waals surface area contributed by atoms with Gasteiger partial charge in [0.05, 0.1) is 23.3 Å². The van der Waals surface area contributed by atoms with Gasteiger partial charge in [0.1, 0.15) is 0 Å². The molecule has 1 aliphatic heterocycles. The van der Waals surface area contributed by atoms with Gasteiger partial charge in [0, 0.05) is 30.3 Å². The minimum absolute atomic E-state index is 0.0526. The van der Waals surface area contributed by atoms with E-state index in [2.05, 4.69) is 17.0 Å². The van der Waals surface area contributed by atoms with E-state index in [1.54, 1.807) is 12.1 Å². The lowest BCUT2D eigenvalue weighted by molar-refractivity contribution is -0.113. The maximum Gasteiger partial charge on any atom is 0.187 e. The van der Waals surface area contributed by atoms with Crippen molar-refractivity contribution in [1.29, 1.82) is 10.5 Å². The Labute approximate surface area is 183 Å². The summed E-state index contributed by atoms with van der Waals surface area (Å²) in [7, 11) is 0. The fraction of sp³-hybridized carbons (Fsp3) is 0.296. The molecular formula is C27H25N3O. The van der Waals surface area contributed by atoms with Gasteiger partial charge in [-0.2, -0.15) is 10.5 Å². The Kier molecular flexibility index (Phi) is 6.41. The molecule has 0 amide bonds. The van der Waals surface area contributed by atoms with Gasteiger partial charge < -0.3 is 0 Å². The summed E-state index contributed by atoms with van der Waals surface area (Å²) in [5.41, 5.74) is 4.44. The van der Waals surface area contributed by atoms with E-state index >= 15 is 0 Å². The van der Waals surface area contributed by atoms with Crippen LogP contribution in [0.15, 0.2) is 59.7 Å². The highest BCUT2D eigenvalue weighted by Crippen LogP contribution is 2.29. The molecule has 31 heavy (non-hydrogen) atoms. The summed E-state index contributed by atoms with van der Waals surface area (Å²) in [4.78, 5) is 15.8. The van der Waals surface area contributed by atoms with Gasteiger partial charge in [-0.1, -0.05) is 43.5 Å². The second kappa shape index (κ2) is 9.56. The van der Waals surface area contributed by atoms with E-state index in [4.69, 9.17) is 0 Å². The fourth-order valence-electron chi connectivity index (χ4n) is 4.57. The van der Waals surface area contributed by atoms with Gasteiger partial charge in [-0.25, -0.2) is 0 Å². The predicted octanol–water partition coefficient (Wildman–Crippen LogP) is 5.11. The molecule has 0 radical (unpaired) electrons. The lowest BCUT2D eigenvalue weighted by Crippen LogP contribution is -2.44. The topological polar surface area (TPSA) is 67.9 Å². The molecule has 0 aromatic heterocycles. The van der Waals surface area contributed by atoms with Crippen LogP contribution in [0, 0.1) is 22.7 Å². The monoisotopic (exact) mass is 407 g/mol. The standard InChI is InChI=1S/C27H25N3O/c28-16-22-8-4-6-20(12-22)14-24-18-30(26-10-2-1-3-11-26)19-25(27(24)31)15-21-7-5-9-23(13-21)17-29/h4-9,12-15,26H,1-3,10-11,18-19H2/b24-14+,25-15+. The van der Waals surface area contributed by atoms with E-state index in [1.807, 2.05) is 48.6 Å². The van der Waals surface area contributed by atoms with Gasteiger partial charge in [-0.05, 0) is 60.4 Å². The molecule has 1 saturated heterocycles. The van der Waals surface area contributed by atoms with Crippen molar-refractivity contribution in [2.75, 3.05) is 13.1 Å². The number of nitriles is 2. The molecule has 2 fully saturated rings. The third kappa shape index (κ3) is 5.00. The van der Waals surface area contributed by atoms with Crippen molar-refractivity contribution in [3.05, 3.63) is 81.9 Å². The third-order valence-corrected chi connectivity index (χ3v) is 6.13. The van der Waals surface area contributed by atoms with Crippen LogP contribution in [-0.4, -0.2) is 29.8 Å². The first kappa shape index (κ1) is 20.8. The van der Waals surface area contributed by atoms with Crippen LogP contribution in [0.2, 0.25) is 0 Å². The first-order valence-corrected chi connectivity index (χ1v) is 10.9. The van der Waals surface area contributed by atoms with Gasteiger partial charge in [-0.15, -0.1) is 0 Å². The fourth-order valence-corrected chi connectivity index (χ4v) is 4.57. The molecule has 0 N–H and O–H groups in total. The number of nitrogens with zero attached hydrogens (tertiary/aromatic N) is 3. The first-order chi connectivity index (χ1) is 15.2. The largest absolute Gasteiger partial charge is 0.292 e. The van der Waals surface area contributed by atoms with Crippen molar-refractivity contribution < 1.29 is 4.79 Å². The number of carbonyl (C=O) groups excluding carboxylic acids is 1. The average molecular weight is 408 g/mol. The van der Waals surface area contributed by atoms with E-state index in [9.17, 15) is 15.3 Å². The molecule has 4 nitrogen and oxygen atoms in total. The predicted molar refractivity (Wildman–Crippen MR) is 122 cm³/mol. The SMILES string of the molecule is N#Cc1cccc(/C=C2\CN(C3CCCCC3)C/C(=C\c3cccc(C#N)c3)C2=O)c1. The third-order valence-electron chi connectivity index (χ3n) is 6.13. The van der Waals surface area contributed by atoms with E-state index in [0.29, 0.717) is 30.3 Å². The zero-order valence-electron chi connectivity index (χ0n) is 17.6. The van der Waals surface area contributed by atoms with Gasteiger partial charge in [0.15, 0.2) is 5.78 Å². The van der Waals surface area contributed by atoms with Gasteiger partial charge in [-0.3, -0.25) is 9.69 Å². The van der Waals surface area contributed by atoms with Crippen LogP contribution < -0.4 is 0 Å². The van der Waals surface area contributed by atoms with Crippen LogP contribution in [0.4, 0.5) is 0 Å². The Morgan fingerprint density at radius 1 is 0.806 bits per heavy atom. The van der Waals surface area contributed by atoms with Gasteiger partial charge in [0.25, 0.3) is 0 Å². The lowest BCUT2D eigenvalue weighted by Gasteiger charge is -2.38. The Morgan fingerprint density at radius 3 is 1.81 bits per heavy atom. The van der Waals surface area contributed by atoms with E-state index in [-0.39, 0.29) is 5.78 Å². The quantitative estimate of drug-likeness (QED) is 0.663. The number of benzene rings is 2. The van der Waals surface area contributed by atoms with E-state index in [0.717, 1.165) is 22.3 Å². The molecule has 0 spiro atoms. The minimum Gasteiger partial charge on any atom is -0.292 e. The average Bonchev–Trinajstić information content (AvgIpc) is 2.82. The van der Waals surface area contributed by atoms with Crippen LogP contribution in [0.3, 0.4) is 0 Å². The summed E-state index contributed by atoms with van der Waals surface area (Å²) < 4.78 is 0. The highest BCUT2D eigenvalue weighted by atomic mass is 16.1. The molecule has 4 heteroatoms. The van der Waals surface area contributed by atoms with Crippen molar-refractivity contribution in [2.45, 2.75) is 38.1 Å². The molecule has 2 aliphatic rings. The summed E-state index contributed by atoms with van der Waals surface area (Å²) in [6, 6.07) is 19.6. The number of carbonyl (C=O) groups is 1. The number of rotatable bonds is 3. The minimum atomic E-state index is 0.0526. The first-order valence-electron chi connectivity index (χ1n) is 10.9. The molecular weight excluding hydrogens is 382 g/mol. The Morgan fingerprint density at radius 2 is 1.32 bits per heavy atom. The number of piperidine rings is 1. The van der Waals surface area contributed by atoms with Crippen molar-refractivity contribution in [1.82, 2.24) is 4.90 Å². The van der Waals surface area contributed by atoms with Crippen LogP contribution in [-0.2, 0) is 4.79 Å². The molecule has 1 heterocycles. The van der Waals surface area contributed by atoms with Gasteiger partial charge >= 0.3 is 0 Å². The number of likely N-dealkylation sites (tertiary alicyclic amines) is 1. The zero-order chi connectivity index (χ0) is 21.6. The molecule has 1 saturated carbocycles. The van der Waals surface area contributed by atoms with E-state index in [1.165, 1.54) is 32.1 Å². The van der Waals surface area contributed by atoms with Crippen molar-refractivity contribution in [3.8, 4) is 12.1 Å². The van der Waals surface area contributed by atoms with Crippen molar-refractivity contribution in [2.24, 2.45) is 0 Å². The normalized spacial score (nSPS) is 20.5. The molecule has 0 atom stereocenters. The maximum absolute atomic E-state index is 13.4. The zero-order valence-corrected chi connectivity index (χ0v) is 17.6. The van der Waals surface area contributed by atoms with Crippen molar-refractivity contribution in [3.63, 3.8) is 0 Å². The lowest BCUT2D eigenvalue weighted by atomic mass is 9.89. The second-order valence-corrected chi connectivity index (χ2v) is 8.34. The van der Waals surface area contributed by atoms with Gasteiger partial charge in [0.2, 0.25) is 0 Å².